The molecule has 25 heavy (non-hydrogen) atoms. The van der Waals surface area contributed by atoms with E-state index >= 15 is 0 Å². The number of rotatable bonds is 8. The molecule has 1 saturated carbocycles. The van der Waals surface area contributed by atoms with Gasteiger partial charge in [-0.25, -0.2) is 4.79 Å². The van der Waals surface area contributed by atoms with E-state index in [0.717, 1.165) is 32.1 Å². The van der Waals surface area contributed by atoms with Gasteiger partial charge in [0.05, 0.1) is 5.69 Å². The Hall–Kier alpha value is -2.15. The Morgan fingerprint density at radius 2 is 2.08 bits per heavy atom. The molecule has 0 radical (unpaired) electrons. The summed E-state index contributed by atoms with van der Waals surface area (Å²) in [4.78, 5) is 29.7. The lowest BCUT2D eigenvalue weighted by atomic mass is 9.94. The smallest absolute Gasteiger partial charge is 0.410 e. The summed E-state index contributed by atoms with van der Waals surface area (Å²) in [6.07, 6.45) is 7.45. The van der Waals surface area contributed by atoms with Crippen LogP contribution in [0.3, 0.4) is 0 Å². The number of primary amides is 1. The number of pyridine rings is 1. The number of ether oxygens (including phenoxy) is 2. The first kappa shape index (κ1) is 19.2. The summed E-state index contributed by atoms with van der Waals surface area (Å²) in [7, 11) is 1.65. The van der Waals surface area contributed by atoms with Crippen molar-refractivity contribution in [1.29, 1.82) is 0 Å². The van der Waals surface area contributed by atoms with Gasteiger partial charge in [0.1, 0.15) is 6.61 Å². The van der Waals surface area contributed by atoms with Crippen molar-refractivity contribution in [1.82, 2.24) is 9.88 Å². The second-order valence-electron chi connectivity index (χ2n) is 6.29. The number of carbonyl (C=O) groups is 2. The summed E-state index contributed by atoms with van der Waals surface area (Å²) in [6.45, 7) is 1.25. The Labute approximate surface area is 148 Å². The molecule has 0 atom stereocenters. The normalized spacial score (nSPS) is 14.9. The molecule has 1 heterocycles. The fourth-order valence-electron chi connectivity index (χ4n) is 3.12. The summed E-state index contributed by atoms with van der Waals surface area (Å²) >= 11 is 0. The maximum absolute atomic E-state index is 12.6. The van der Waals surface area contributed by atoms with Crippen LogP contribution < -0.4 is 5.73 Å². The van der Waals surface area contributed by atoms with E-state index in [4.69, 9.17) is 15.2 Å². The van der Waals surface area contributed by atoms with Gasteiger partial charge < -0.3 is 20.1 Å². The van der Waals surface area contributed by atoms with Crippen molar-refractivity contribution in [3.05, 3.63) is 29.6 Å². The van der Waals surface area contributed by atoms with Gasteiger partial charge in [-0.2, -0.15) is 0 Å². The Bertz CT molecular complexity index is 573. The zero-order chi connectivity index (χ0) is 18.1. The van der Waals surface area contributed by atoms with Gasteiger partial charge in [-0.3, -0.25) is 9.78 Å². The molecule has 7 nitrogen and oxygen atoms in total. The molecule has 7 heteroatoms. The summed E-state index contributed by atoms with van der Waals surface area (Å²) in [5.41, 5.74) is 6.11. The molecule has 2 N–H and O–H groups in total. The Kier molecular flexibility index (Phi) is 7.66. The van der Waals surface area contributed by atoms with Crippen LogP contribution in [0.1, 0.15) is 54.6 Å². The maximum atomic E-state index is 12.6. The third-order valence-electron chi connectivity index (χ3n) is 4.44. The zero-order valence-corrected chi connectivity index (χ0v) is 14.8. The first-order valence-corrected chi connectivity index (χ1v) is 8.79. The van der Waals surface area contributed by atoms with Crippen LogP contribution >= 0.6 is 0 Å². The quantitative estimate of drug-likeness (QED) is 0.728. The van der Waals surface area contributed by atoms with E-state index < -0.39 is 5.91 Å². The number of nitrogens with zero attached hydrogens (tertiary/aromatic N) is 2. The lowest BCUT2D eigenvalue weighted by Crippen LogP contribution is -2.42. The largest absolute Gasteiger partial charge is 0.443 e. The minimum absolute atomic E-state index is 0.0213. The van der Waals surface area contributed by atoms with Crippen molar-refractivity contribution in [2.24, 2.45) is 5.73 Å². The number of amides is 2. The molecule has 0 bridgehead atoms. The average Bonchev–Trinajstić information content (AvgIpc) is 2.64. The summed E-state index contributed by atoms with van der Waals surface area (Å²) < 4.78 is 10.5. The predicted molar refractivity (Wildman–Crippen MR) is 93.0 cm³/mol. The van der Waals surface area contributed by atoms with Crippen molar-refractivity contribution >= 4 is 12.0 Å². The standard InChI is InChI=1S/C18H27N3O4/c1-24-11-5-10-21(16-6-3-2-4-7-16)18(23)25-13-15-12-14(17(19)22)8-9-20-15/h8-9,12,16H,2-7,10-11,13H2,1H3,(H2,19,22). The molecule has 0 unspecified atom stereocenters. The van der Waals surface area contributed by atoms with Crippen LogP contribution in [0.5, 0.6) is 0 Å². The van der Waals surface area contributed by atoms with E-state index in [1.807, 2.05) is 4.90 Å². The van der Waals surface area contributed by atoms with Crippen molar-refractivity contribution in [3.8, 4) is 0 Å². The van der Waals surface area contributed by atoms with Crippen LogP contribution in [-0.4, -0.2) is 48.2 Å². The average molecular weight is 349 g/mol. The number of aromatic nitrogens is 1. The SMILES string of the molecule is COCCCN(C(=O)OCc1cc(C(N)=O)ccn1)C1CCCCC1. The summed E-state index contributed by atoms with van der Waals surface area (Å²) in [6, 6.07) is 3.31. The van der Waals surface area contributed by atoms with Gasteiger partial charge in [0.15, 0.2) is 0 Å². The van der Waals surface area contributed by atoms with Gasteiger partial charge in [0, 0.05) is 38.1 Å². The third-order valence-corrected chi connectivity index (χ3v) is 4.44. The van der Waals surface area contributed by atoms with Crippen LogP contribution in [0.15, 0.2) is 18.3 Å². The highest BCUT2D eigenvalue weighted by Gasteiger charge is 2.26. The number of hydrogen-bond donors (Lipinski definition) is 1. The van der Waals surface area contributed by atoms with Crippen LogP contribution in [0, 0.1) is 0 Å². The van der Waals surface area contributed by atoms with E-state index in [9.17, 15) is 9.59 Å². The molecule has 0 saturated heterocycles. The minimum Gasteiger partial charge on any atom is -0.443 e. The molecule has 0 aliphatic heterocycles. The highest BCUT2D eigenvalue weighted by Crippen LogP contribution is 2.23. The van der Waals surface area contributed by atoms with Crippen LogP contribution in [0.25, 0.3) is 0 Å². The fourth-order valence-corrected chi connectivity index (χ4v) is 3.12. The Morgan fingerprint density at radius 3 is 2.76 bits per heavy atom. The topological polar surface area (TPSA) is 94.7 Å². The molecule has 2 rings (SSSR count). The van der Waals surface area contributed by atoms with E-state index in [1.165, 1.54) is 18.7 Å². The number of hydrogen-bond acceptors (Lipinski definition) is 5. The number of nitrogens with two attached hydrogens (primary N) is 1. The molecule has 0 aromatic carbocycles. The molecule has 1 fully saturated rings. The van der Waals surface area contributed by atoms with E-state index in [-0.39, 0.29) is 18.7 Å². The van der Waals surface area contributed by atoms with Crippen molar-refractivity contribution < 1.29 is 19.1 Å². The van der Waals surface area contributed by atoms with Gasteiger partial charge in [-0.15, -0.1) is 0 Å². The van der Waals surface area contributed by atoms with Gasteiger partial charge in [-0.1, -0.05) is 19.3 Å². The predicted octanol–water partition coefficient (Wildman–Crippen LogP) is 2.49. The first-order valence-electron chi connectivity index (χ1n) is 8.79. The molecule has 1 aliphatic carbocycles. The lowest BCUT2D eigenvalue weighted by molar-refractivity contribution is 0.0661. The Balaban J connectivity index is 1.95. The highest BCUT2D eigenvalue weighted by atomic mass is 16.6. The summed E-state index contributed by atoms with van der Waals surface area (Å²) in [5.74, 6) is -0.529. The molecule has 1 aromatic rings. The van der Waals surface area contributed by atoms with Gasteiger partial charge in [0.25, 0.3) is 0 Å². The fraction of sp³-hybridized carbons (Fsp3) is 0.611. The monoisotopic (exact) mass is 349 g/mol. The van der Waals surface area contributed by atoms with Crippen LogP contribution in [0.4, 0.5) is 4.79 Å². The second kappa shape index (κ2) is 9.98. The molecular weight excluding hydrogens is 322 g/mol. The molecule has 1 aliphatic rings. The van der Waals surface area contributed by atoms with Crippen molar-refractivity contribution in [2.75, 3.05) is 20.3 Å². The highest BCUT2D eigenvalue weighted by molar-refractivity contribution is 5.92. The molecule has 138 valence electrons. The lowest BCUT2D eigenvalue weighted by Gasteiger charge is -2.33. The first-order chi connectivity index (χ1) is 12.1. The molecule has 2 amide bonds. The molecular formula is C18H27N3O4. The maximum Gasteiger partial charge on any atom is 0.410 e. The Morgan fingerprint density at radius 1 is 1.32 bits per heavy atom. The summed E-state index contributed by atoms with van der Waals surface area (Å²) in [5, 5.41) is 0. The van der Waals surface area contributed by atoms with E-state index in [1.54, 1.807) is 13.2 Å². The van der Waals surface area contributed by atoms with E-state index in [2.05, 4.69) is 4.98 Å². The van der Waals surface area contributed by atoms with Crippen LogP contribution in [-0.2, 0) is 16.1 Å². The van der Waals surface area contributed by atoms with Crippen LogP contribution in [0.2, 0.25) is 0 Å². The molecule has 1 aromatic heterocycles. The van der Waals surface area contributed by atoms with Gasteiger partial charge in [-0.05, 0) is 31.4 Å². The molecule has 0 spiro atoms. The third kappa shape index (κ3) is 6.01. The van der Waals surface area contributed by atoms with Crippen molar-refractivity contribution in [3.63, 3.8) is 0 Å². The van der Waals surface area contributed by atoms with Gasteiger partial charge >= 0.3 is 6.09 Å². The zero-order valence-electron chi connectivity index (χ0n) is 14.8. The number of methoxy groups -OCH3 is 1. The number of carbonyl (C=O) groups excluding carboxylic acids is 2. The second-order valence-corrected chi connectivity index (χ2v) is 6.29. The minimum atomic E-state index is -0.529. The van der Waals surface area contributed by atoms with Crippen molar-refractivity contribution in [2.45, 2.75) is 51.2 Å². The van der Waals surface area contributed by atoms with Gasteiger partial charge in [0.2, 0.25) is 5.91 Å². The van der Waals surface area contributed by atoms with E-state index in [0.29, 0.717) is 24.4 Å².